The first-order valence-electron chi connectivity index (χ1n) is 4.37. The maximum Gasteiger partial charge on any atom is 0.418 e. The summed E-state index contributed by atoms with van der Waals surface area (Å²) in [4.78, 5) is 20.7. The van der Waals surface area contributed by atoms with Crippen molar-refractivity contribution < 1.29 is 19.1 Å². The van der Waals surface area contributed by atoms with Crippen molar-refractivity contribution in [3.05, 3.63) is 0 Å². The summed E-state index contributed by atoms with van der Waals surface area (Å²) in [5.41, 5.74) is -0.344. The van der Waals surface area contributed by atoms with Crippen molar-refractivity contribution in [2.45, 2.75) is 38.2 Å². The predicted octanol–water partition coefficient (Wildman–Crippen LogP) is 0.946. The lowest BCUT2D eigenvalue weighted by molar-refractivity contribution is -0.160. The van der Waals surface area contributed by atoms with E-state index in [2.05, 4.69) is 4.74 Å². The lowest BCUT2D eigenvalue weighted by Crippen LogP contribution is -2.29. The molecule has 0 saturated heterocycles. The van der Waals surface area contributed by atoms with E-state index < -0.39 is 5.97 Å². The second kappa shape index (κ2) is 4.25. The smallest absolute Gasteiger partial charge is 0.418 e. The normalized spacial score (nSPS) is 19.5. The zero-order valence-electron chi connectivity index (χ0n) is 7.67. The van der Waals surface area contributed by atoms with Crippen LogP contribution in [-0.4, -0.2) is 24.6 Å². The van der Waals surface area contributed by atoms with Crippen molar-refractivity contribution in [1.82, 2.24) is 0 Å². The van der Waals surface area contributed by atoms with Crippen molar-refractivity contribution in [1.29, 1.82) is 0 Å². The van der Waals surface area contributed by atoms with Gasteiger partial charge in [0.25, 0.3) is 0 Å². The largest absolute Gasteiger partial charge is 0.457 e. The molecule has 1 rings (SSSR count). The molecule has 13 heavy (non-hydrogen) atoms. The van der Waals surface area contributed by atoms with Gasteiger partial charge in [0.05, 0.1) is 0 Å². The Morgan fingerprint density at radius 1 is 1.46 bits per heavy atom. The molecule has 0 bridgehead atoms. The Morgan fingerprint density at radius 3 is 2.62 bits per heavy atom. The van der Waals surface area contributed by atoms with Gasteiger partial charge in [0.15, 0.2) is 6.61 Å². The Morgan fingerprint density at radius 2 is 2.08 bits per heavy atom. The number of hydrogen-bond acceptors (Lipinski definition) is 4. The van der Waals surface area contributed by atoms with Crippen LogP contribution in [0.1, 0.15) is 32.6 Å². The van der Waals surface area contributed by atoms with Crippen LogP contribution in [0, 0.1) is 0 Å². The Kier molecular flexibility index (Phi) is 3.28. The van der Waals surface area contributed by atoms with Crippen LogP contribution < -0.4 is 0 Å². The highest BCUT2D eigenvalue weighted by molar-refractivity contribution is 5.72. The lowest BCUT2D eigenvalue weighted by Gasteiger charge is -2.23. The van der Waals surface area contributed by atoms with Crippen molar-refractivity contribution in [3.63, 3.8) is 0 Å². The fourth-order valence-electron chi connectivity index (χ4n) is 1.62. The van der Waals surface area contributed by atoms with E-state index in [-0.39, 0.29) is 12.2 Å². The molecule has 1 fully saturated rings. The molecule has 0 N–H and O–H groups in total. The standard InChI is InChI=1S/C9H13O4/c1-9(4-2-3-5-9)13-8(11)6-12-7-10/h2-6H2,1H3. The van der Waals surface area contributed by atoms with Crippen LogP contribution in [0.5, 0.6) is 0 Å². The molecule has 1 aliphatic rings. The zero-order chi connectivity index (χ0) is 9.73. The van der Waals surface area contributed by atoms with E-state index in [0.717, 1.165) is 25.7 Å². The Hall–Kier alpha value is -1.06. The van der Waals surface area contributed by atoms with Gasteiger partial charge >= 0.3 is 12.4 Å². The van der Waals surface area contributed by atoms with Gasteiger partial charge in [-0.2, -0.15) is 0 Å². The van der Waals surface area contributed by atoms with Crippen molar-refractivity contribution in [2.24, 2.45) is 0 Å². The highest BCUT2D eigenvalue weighted by Gasteiger charge is 2.32. The molecule has 0 amide bonds. The fourth-order valence-corrected chi connectivity index (χ4v) is 1.62. The molecule has 0 atom stereocenters. The van der Waals surface area contributed by atoms with E-state index in [1.165, 1.54) is 6.47 Å². The van der Waals surface area contributed by atoms with Crippen molar-refractivity contribution in [2.75, 3.05) is 6.61 Å². The highest BCUT2D eigenvalue weighted by atomic mass is 16.6. The average Bonchev–Trinajstić information content (AvgIpc) is 2.48. The number of carbonyl (C=O) groups is 1. The summed E-state index contributed by atoms with van der Waals surface area (Å²) in [6, 6.07) is 0. The molecule has 0 aliphatic heterocycles. The number of hydrogen-bond donors (Lipinski definition) is 0. The molecule has 1 radical (unpaired) electrons. The van der Waals surface area contributed by atoms with Gasteiger partial charge in [-0.25, -0.2) is 9.59 Å². The van der Waals surface area contributed by atoms with Crippen LogP contribution in [0.25, 0.3) is 0 Å². The summed E-state index contributed by atoms with van der Waals surface area (Å²) >= 11 is 0. The molecule has 0 aromatic rings. The molecule has 0 spiro atoms. The van der Waals surface area contributed by atoms with E-state index in [4.69, 9.17) is 4.74 Å². The van der Waals surface area contributed by atoms with Gasteiger partial charge in [-0.15, -0.1) is 0 Å². The topological polar surface area (TPSA) is 52.6 Å². The van der Waals surface area contributed by atoms with Gasteiger partial charge in [0.1, 0.15) is 5.60 Å². The van der Waals surface area contributed by atoms with E-state index >= 15 is 0 Å². The molecular formula is C9H13O4. The number of carbonyl (C=O) groups excluding carboxylic acids is 2. The first kappa shape index (κ1) is 10.0. The molecule has 4 heteroatoms. The maximum atomic E-state index is 11.0. The van der Waals surface area contributed by atoms with Gasteiger partial charge in [0, 0.05) is 0 Å². The summed E-state index contributed by atoms with van der Waals surface area (Å²) in [6.45, 7) is 2.76. The van der Waals surface area contributed by atoms with Crippen LogP contribution in [0.4, 0.5) is 0 Å². The third-order valence-corrected chi connectivity index (χ3v) is 2.27. The van der Waals surface area contributed by atoms with Gasteiger partial charge in [-0.1, -0.05) is 0 Å². The van der Waals surface area contributed by atoms with E-state index in [1.54, 1.807) is 0 Å². The highest BCUT2D eigenvalue weighted by Crippen LogP contribution is 2.32. The minimum Gasteiger partial charge on any atom is -0.457 e. The van der Waals surface area contributed by atoms with Crippen LogP contribution in [0.2, 0.25) is 0 Å². The number of esters is 1. The zero-order valence-corrected chi connectivity index (χ0v) is 7.67. The third kappa shape index (κ3) is 3.05. The summed E-state index contributed by atoms with van der Waals surface area (Å²) in [5.74, 6) is -0.493. The Balaban J connectivity index is 2.29. The Labute approximate surface area is 77.2 Å². The molecule has 0 unspecified atom stereocenters. The lowest BCUT2D eigenvalue weighted by atomic mass is 10.1. The second-order valence-corrected chi connectivity index (χ2v) is 3.50. The minimum absolute atomic E-state index is 0.334. The average molecular weight is 185 g/mol. The quantitative estimate of drug-likeness (QED) is 0.612. The predicted molar refractivity (Wildman–Crippen MR) is 44.6 cm³/mol. The van der Waals surface area contributed by atoms with Gasteiger partial charge < -0.3 is 9.47 Å². The molecule has 0 aromatic carbocycles. The fraction of sp³-hybridized carbons (Fsp3) is 0.778. The van der Waals surface area contributed by atoms with Crippen LogP contribution in [-0.2, 0) is 19.1 Å². The molecular weight excluding hydrogens is 172 g/mol. The molecule has 0 heterocycles. The summed E-state index contributed by atoms with van der Waals surface area (Å²) in [7, 11) is 0. The minimum atomic E-state index is -0.493. The Bertz CT molecular complexity index is 194. The van der Waals surface area contributed by atoms with Crippen LogP contribution >= 0.6 is 0 Å². The van der Waals surface area contributed by atoms with Crippen LogP contribution in [0.3, 0.4) is 0 Å². The van der Waals surface area contributed by atoms with E-state index in [1.807, 2.05) is 6.92 Å². The number of ether oxygens (including phenoxy) is 2. The van der Waals surface area contributed by atoms with Gasteiger partial charge in [-0.05, 0) is 32.6 Å². The van der Waals surface area contributed by atoms with Crippen LogP contribution in [0.15, 0.2) is 0 Å². The third-order valence-electron chi connectivity index (χ3n) is 2.27. The molecule has 0 aromatic heterocycles. The SMILES string of the molecule is CC1(OC(=O)CO[C]=O)CCCC1. The first-order valence-corrected chi connectivity index (χ1v) is 4.37. The molecule has 1 aliphatic carbocycles. The molecule has 73 valence electrons. The van der Waals surface area contributed by atoms with Gasteiger partial charge in [0.2, 0.25) is 0 Å². The molecule has 1 saturated carbocycles. The summed E-state index contributed by atoms with van der Waals surface area (Å²) in [6.07, 6.45) is 3.96. The monoisotopic (exact) mass is 185 g/mol. The van der Waals surface area contributed by atoms with Crippen molar-refractivity contribution in [3.8, 4) is 0 Å². The molecule has 4 nitrogen and oxygen atoms in total. The summed E-state index contributed by atoms with van der Waals surface area (Å²) in [5, 5.41) is 0. The summed E-state index contributed by atoms with van der Waals surface area (Å²) < 4.78 is 9.33. The van der Waals surface area contributed by atoms with Crippen molar-refractivity contribution >= 4 is 12.4 Å². The second-order valence-electron chi connectivity index (χ2n) is 3.50. The number of rotatable bonds is 4. The van der Waals surface area contributed by atoms with Gasteiger partial charge in [-0.3, -0.25) is 0 Å². The van der Waals surface area contributed by atoms with E-state index in [0.29, 0.717) is 0 Å². The maximum absolute atomic E-state index is 11.0. The first-order chi connectivity index (χ1) is 6.16. The van der Waals surface area contributed by atoms with E-state index in [9.17, 15) is 9.59 Å².